The molecule has 0 radical (unpaired) electrons. The zero-order valence-corrected chi connectivity index (χ0v) is 36.1. The lowest BCUT2D eigenvalue weighted by Gasteiger charge is -2.36. The first-order valence-electron chi connectivity index (χ1n) is 20.1. The fourth-order valence-electron chi connectivity index (χ4n) is 7.81. The van der Waals surface area contributed by atoms with Crippen LogP contribution in [0.1, 0.15) is 60.4 Å². The number of likely N-dealkylation sites (tertiary alicyclic amines) is 1. The van der Waals surface area contributed by atoms with Crippen molar-refractivity contribution in [2.75, 3.05) is 39.8 Å². The summed E-state index contributed by atoms with van der Waals surface area (Å²) in [5.41, 5.74) is -1.47. The van der Waals surface area contributed by atoms with Gasteiger partial charge in [-0.15, -0.1) is 6.58 Å². The first-order valence-corrected chi connectivity index (χ1v) is 21.6. The summed E-state index contributed by atoms with van der Waals surface area (Å²) in [6.45, 7) is 15.3. The maximum Gasteiger partial charge on any atom is 0.408 e. The molecule has 3 N–H and O–H groups in total. The average Bonchev–Trinajstić information content (AvgIpc) is 3.72. The van der Waals surface area contributed by atoms with Crippen molar-refractivity contribution in [3.8, 4) is 22.3 Å². The third-order valence-electron chi connectivity index (χ3n) is 11.2. The molecule has 60 heavy (non-hydrogen) atoms. The lowest BCUT2D eigenvalue weighted by Crippen LogP contribution is -2.61. The number of carbonyl (C=O) groups excluding carboxylic acids is 4. The lowest BCUT2D eigenvalue weighted by atomic mass is 9.85. The van der Waals surface area contributed by atoms with Gasteiger partial charge in [0.2, 0.25) is 11.8 Å². The molecule has 5 atom stereocenters. The Kier molecular flexibility index (Phi) is 12.5. The van der Waals surface area contributed by atoms with E-state index in [1.54, 1.807) is 47.7 Å². The summed E-state index contributed by atoms with van der Waals surface area (Å²) < 4.78 is 36.9. The summed E-state index contributed by atoms with van der Waals surface area (Å²) in [5.74, 6) is -2.90. The number of benzene rings is 2. The number of nitrogens with zero attached hydrogens (tertiary/aromatic N) is 5. The molecule has 2 aliphatic heterocycles. The minimum Gasteiger partial charge on any atom is -0.444 e. The van der Waals surface area contributed by atoms with Crippen LogP contribution in [-0.2, 0) is 29.3 Å². The summed E-state index contributed by atoms with van der Waals surface area (Å²) in [4.78, 5) is 74.5. The van der Waals surface area contributed by atoms with Gasteiger partial charge in [0.1, 0.15) is 23.2 Å². The highest BCUT2D eigenvalue weighted by atomic mass is 32.2. The molecule has 2 aromatic carbocycles. The van der Waals surface area contributed by atoms with Crippen LogP contribution in [0.5, 0.6) is 0 Å². The van der Waals surface area contributed by atoms with E-state index in [2.05, 4.69) is 27.0 Å². The molecular formula is C43H56N8O8S. The molecule has 3 heterocycles. The van der Waals surface area contributed by atoms with Gasteiger partial charge in [0.25, 0.3) is 11.5 Å². The van der Waals surface area contributed by atoms with Gasteiger partial charge in [-0.05, 0) is 50.8 Å². The van der Waals surface area contributed by atoms with Crippen LogP contribution in [0.15, 0.2) is 84.3 Å². The zero-order chi connectivity index (χ0) is 43.8. The third-order valence-corrected chi connectivity index (χ3v) is 12.7. The van der Waals surface area contributed by atoms with Crippen molar-refractivity contribution in [2.24, 2.45) is 11.3 Å². The summed E-state index contributed by atoms with van der Waals surface area (Å²) >= 11 is 0. The number of amides is 4. The van der Waals surface area contributed by atoms with Gasteiger partial charge in [-0.25, -0.2) is 14.2 Å². The number of rotatable bonds is 11. The lowest BCUT2D eigenvalue weighted by molar-refractivity contribution is -0.143. The van der Waals surface area contributed by atoms with E-state index in [-0.39, 0.29) is 32.5 Å². The van der Waals surface area contributed by atoms with Crippen molar-refractivity contribution in [2.45, 2.75) is 83.6 Å². The summed E-state index contributed by atoms with van der Waals surface area (Å²) in [6, 6.07) is 15.2. The molecule has 0 bridgehead atoms. The molecule has 1 aliphatic carbocycles. The summed E-state index contributed by atoms with van der Waals surface area (Å²) in [7, 11) is -2.38. The highest BCUT2D eigenvalue weighted by molar-refractivity contribution is 7.87. The second kappa shape index (κ2) is 16.9. The molecule has 16 nitrogen and oxygen atoms in total. The smallest absolute Gasteiger partial charge is 0.408 e. The number of nitrogens with one attached hydrogen (secondary N) is 3. The highest BCUT2D eigenvalue weighted by Gasteiger charge is 2.62. The van der Waals surface area contributed by atoms with Crippen molar-refractivity contribution in [1.29, 1.82) is 0 Å². The van der Waals surface area contributed by atoms with Crippen LogP contribution in [0.4, 0.5) is 4.79 Å². The predicted octanol–water partition coefficient (Wildman–Crippen LogP) is 3.33. The molecule has 322 valence electrons. The largest absolute Gasteiger partial charge is 0.444 e. The number of hydrogen-bond acceptors (Lipinski definition) is 10. The number of carbonyl (C=O) groups is 4. The number of alkyl carbamates (subject to hydrolysis) is 1. The Labute approximate surface area is 351 Å². The predicted molar refractivity (Wildman–Crippen MR) is 226 cm³/mol. The van der Waals surface area contributed by atoms with E-state index < -0.39 is 80.2 Å². The van der Waals surface area contributed by atoms with Crippen molar-refractivity contribution < 1.29 is 32.3 Å². The Bertz CT molecular complexity index is 2280. The normalized spacial score (nSPS) is 23.0. The molecule has 1 saturated carbocycles. The van der Waals surface area contributed by atoms with E-state index in [9.17, 15) is 32.4 Å². The quantitative estimate of drug-likeness (QED) is 0.241. The van der Waals surface area contributed by atoms with Crippen LogP contribution in [0.25, 0.3) is 22.3 Å². The molecule has 1 aromatic heterocycles. The van der Waals surface area contributed by atoms with Crippen LogP contribution < -0.4 is 20.9 Å². The number of piperazine rings is 1. The number of aromatic nitrogens is 2. The highest BCUT2D eigenvalue weighted by Crippen LogP contribution is 2.45. The molecule has 4 amide bonds. The number of ether oxygens (including phenoxy) is 1. The Morgan fingerprint density at radius 3 is 2.08 bits per heavy atom. The second-order valence-corrected chi connectivity index (χ2v) is 19.6. The average molecular weight is 845 g/mol. The van der Waals surface area contributed by atoms with Gasteiger partial charge in [0.05, 0.1) is 17.8 Å². The van der Waals surface area contributed by atoms with Gasteiger partial charge >= 0.3 is 16.3 Å². The van der Waals surface area contributed by atoms with Crippen molar-refractivity contribution >= 4 is 34.0 Å². The minimum atomic E-state index is -4.25. The van der Waals surface area contributed by atoms with Crippen LogP contribution in [0, 0.1) is 11.3 Å². The molecule has 0 unspecified atom stereocenters. The third kappa shape index (κ3) is 9.48. The first-order chi connectivity index (χ1) is 28.1. The number of hydrogen-bond donors (Lipinski definition) is 3. The monoisotopic (exact) mass is 844 g/mol. The van der Waals surface area contributed by atoms with Crippen molar-refractivity contribution in [3.05, 3.63) is 89.9 Å². The maximum absolute atomic E-state index is 14.8. The van der Waals surface area contributed by atoms with Crippen LogP contribution in [-0.4, -0.2) is 119 Å². The van der Waals surface area contributed by atoms with Gasteiger partial charge in [0, 0.05) is 50.6 Å². The van der Waals surface area contributed by atoms with Gasteiger partial charge in [-0.2, -0.15) is 17.8 Å². The second-order valence-electron chi connectivity index (χ2n) is 17.9. The van der Waals surface area contributed by atoms with E-state index in [1.807, 2.05) is 72.6 Å². The standard InChI is InChI=1S/C43H56N8O8S/c1-9-30-25-43(30,39(55)47-60(57,58)49-22-20-48(8)21-23-49)46-36(52)33-24-31(27-50(33)38(54)35(41(2,3)4)45-40(56)59-42(5,6)7)51-37(53)34(29-18-14-11-15-19-29)32(26-44-51)28-16-12-10-13-17-28/h9-19,26,30-31,33,35H,1,20-25,27H2,2-8H3,(H,45,56)(H,46,52)(H,47,55)/t30-,31-,33+,35-,43-/m1/s1. The Hall–Kier alpha value is -5.39. The van der Waals surface area contributed by atoms with Gasteiger partial charge < -0.3 is 25.2 Å². The van der Waals surface area contributed by atoms with E-state index in [0.29, 0.717) is 29.8 Å². The van der Waals surface area contributed by atoms with Gasteiger partial charge in [-0.1, -0.05) is 87.5 Å². The summed E-state index contributed by atoms with van der Waals surface area (Å²) in [6.07, 6.45) is 2.22. The maximum atomic E-state index is 14.8. The first kappa shape index (κ1) is 44.2. The number of likely N-dealkylation sites (N-methyl/N-ethyl adjacent to an activating group) is 1. The molecular weight excluding hydrogens is 789 g/mol. The Morgan fingerprint density at radius 1 is 0.933 bits per heavy atom. The zero-order valence-electron chi connectivity index (χ0n) is 35.3. The Balaban J connectivity index is 1.37. The fraction of sp³-hybridized carbons (Fsp3) is 0.488. The molecule has 6 rings (SSSR count). The van der Waals surface area contributed by atoms with E-state index in [0.717, 1.165) is 5.56 Å². The van der Waals surface area contributed by atoms with Crippen LogP contribution in [0.3, 0.4) is 0 Å². The topological polar surface area (TPSA) is 192 Å². The van der Waals surface area contributed by atoms with E-state index in [4.69, 9.17) is 4.74 Å². The van der Waals surface area contributed by atoms with Crippen LogP contribution in [0.2, 0.25) is 0 Å². The minimum absolute atomic E-state index is 0.0731. The molecule has 17 heteroatoms. The van der Waals surface area contributed by atoms with Crippen molar-refractivity contribution in [3.63, 3.8) is 0 Å². The molecule has 0 spiro atoms. The molecule has 3 fully saturated rings. The molecule has 2 saturated heterocycles. The van der Waals surface area contributed by atoms with Crippen molar-refractivity contribution in [1.82, 2.24) is 39.2 Å². The van der Waals surface area contributed by atoms with Gasteiger partial charge in [-0.3, -0.25) is 19.2 Å². The van der Waals surface area contributed by atoms with Gasteiger partial charge in [0.15, 0.2) is 0 Å². The van der Waals surface area contributed by atoms with E-state index >= 15 is 0 Å². The Morgan fingerprint density at radius 2 is 1.53 bits per heavy atom. The fourth-order valence-corrected chi connectivity index (χ4v) is 9.00. The van der Waals surface area contributed by atoms with Crippen LogP contribution >= 0.6 is 0 Å². The molecule has 3 aromatic rings. The van der Waals surface area contributed by atoms with E-state index in [1.165, 1.54) is 20.0 Å². The summed E-state index contributed by atoms with van der Waals surface area (Å²) in [5, 5.41) is 10.1. The SMILES string of the molecule is C=C[C@@H]1C[C@]1(NC(=O)[C@@H]1C[C@@H](n2ncc(-c3ccccc3)c(-c3ccccc3)c2=O)CN1C(=O)[C@@H](NC(=O)OC(C)(C)C)C(C)(C)C)C(=O)NS(=O)(=O)N1CCN(C)CC1. The molecule has 3 aliphatic rings.